The number of halogens is 2. The molecule has 0 saturated heterocycles. The molecular weight excluding hydrogens is 327 g/mol. The van der Waals surface area contributed by atoms with Crippen molar-refractivity contribution in [2.24, 2.45) is 0 Å². The van der Waals surface area contributed by atoms with E-state index in [1.165, 1.54) is 26.4 Å². The molecule has 5 heteroatoms. The summed E-state index contributed by atoms with van der Waals surface area (Å²) in [6, 6.07) is 8.94. The molecule has 3 nitrogen and oxygen atoms in total. The lowest BCUT2D eigenvalue weighted by Crippen LogP contribution is -2.05. The molecule has 2 aromatic carbocycles. The summed E-state index contributed by atoms with van der Waals surface area (Å²) in [5, 5.41) is 0. The standard InChI is InChI=1S/C15H12BrFO3/c1-19-12-3-4-14(20-2)13(8-12)15(18)9-5-10(16)7-11(17)6-9/h3-8H,1-2H3. The minimum absolute atomic E-state index is 0.239. The third-order valence-electron chi connectivity index (χ3n) is 2.78. The van der Waals surface area contributed by atoms with Crippen molar-refractivity contribution in [3.8, 4) is 11.5 Å². The minimum Gasteiger partial charge on any atom is -0.497 e. The van der Waals surface area contributed by atoms with Crippen molar-refractivity contribution in [2.75, 3.05) is 14.2 Å². The van der Waals surface area contributed by atoms with E-state index >= 15 is 0 Å². The first-order valence-corrected chi connectivity index (χ1v) is 6.57. The zero-order valence-electron chi connectivity index (χ0n) is 10.9. The van der Waals surface area contributed by atoms with Gasteiger partial charge >= 0.3 is 0 Å². The Morgan fingerprint density at radius 2 is 1.85 bits per heavy atom. The molecule has 0 saturated carbocycles. The Morgan fingerprint density at radius 3 is 2.45 bits per heavy atom. The molecule has 0 atom stereocenters. The lowest BCUT2D eigenvalue weighted by atomic mass is 10.0. The van der Waals surface area contributed by atoms with Crippen molar-refractivity contribution >= 4 is 21.7 Å². The van der Waals surface area contributed by atoms with E-state index in [0.717, 1.165) is 0 Å². The van der Waals surface area contributed by atoms with Gasteiger partial charge in [0.05, 0.1) is 19.8 Å². The molecule has 0 radical (unpaired) electrons. The predicted molar refractivity (Wildman–Crippen MR) is 77.1 cm³/mol. The van der Waals surface area contributed by atoms with Crippen LogP contribution in [0.25, 0.3) is 0 Å². The van der Waals surface area contributed by atoms with E-state index in [2.05, 4.69) is 15.9 Å². The smallest absolute Gasteiger partial charge is 0.197 e. The summed E-state index contributed by atoms with van der Waals surface area (Å²) in [6.45, 7) is 0. The van der Waals surface area contributed by atoms with Crippen LogP contribution in [0, 0.1) is 5.82 Å². The van der Waals surface area contributed by atoms with Crippen LogP contribution in [0.5, 0.6) is 11.5 Å². The van der Waals surface area contributed by atoms with E-state index in [1.54, 1.807) is 24.3 Å². The SMILES string of the molecule is COc1ccc(OC)c(C(=O)c2cc(F)cc(Br)c2)c1. The van der Waals surface area contributed by atoms with Gasteiger partial charge in [-0.15, -0.1) is 0 Å². The maximum Gasteiger partial charge on any atom is 0.197 e. The molecular formula is C15H12BrFO3. The molecule has 2 rings (SSSR count). The second-order valence-corrected chi connectivity index (χ2v) is 4.97. The molecule has 0 aliphatic heterocycles. The lowest BCUT2D eigenvalue weighted by molar-refractivity contribution is 0.103. The van der Waals surface area contributed by atoms with Gasteiger partial charge in [-0.3, -0.25) is 4.79 Å². The maximum atomic E-state index is 13.4. The number of benzene rings is 2. The Morgan fingerprint density at radius 1 is 1.10 bits per heavy atom. The van der Waals surface area contributed by atoms with Crippen LogP contribution in [0.15, 0.2) is 40.9 Å². The average Bonchev–Trinajstić information content (AvgIpc) is 2.44. The van der Waals surface area contributed by atoms with Gasteiger partial charge in [0.25, 0.3) is 0 Å². The molecule has 0 aromatic heterocycles. The molecule has 20 heavy (non-hydrogen) atoms. The molecule has 0 bridgehead atoms. The monoisotopic (exact) mass is 338 g/mol. The van der Waals surface area contributed by atoms with Gasteiger partial charge in [-0.25, -0.2) is 4.39 Å². The van der Waals surface area contributed by atoms with Crippen LogP contribution in [-0.4, -0.2) is 20.0 Å². The molecule has 0 aliphatic rings. The first-order valence-electron chi connectivity index (χ1n) is 5.78. The fourth-order valence-corrected chi connectivity index (χ4v) is 2.30. The van der Waals surface area contributed by atoms with Crippen LogP contribution in [0.1, 0.15) is 15.9 Å². The van der Waals surface area contributed by atoms with E-state index < -0.39 is 5.82 Å². The van der Waals surface area contributed by atoms with Gasteiger partial charge in [0.2, 0.25) is 0 Å². The summed E-state index contributed by atoms with van der Waals surface area (Å²) in [5.74, 6) is 0.131. The molecule has 0 amide bonds. The molecule has 0 unspecified atom stereocenters. The van der Waals surface area contributed by atoms with Crippen molar-refractivity contribution < 1.29 is 18.7 Å². The summed E-state index contributed by atoms with van der Waals surface area (Å²) >= 11 is 3.17. The average molecular weight is 339 g/mol. The highest BCUT2D eigenvalue weighted by atomic mass is 79.9. The first-order chi connectivity index (χ1) is 9.55. The summed E-state index contributed by atoms with van der Waals surface area (Å²) in [5.41, 5.74) is 0.563. The molecule has 0 aliphatic carbocycles. The Kier molecular flexibility index (Phi) is 4.39. The zero-order chi connectivity index (χ0) is 14.7. The van der Waals surface area contributed by atoms with Crippen molar-refractivity contribution in [1.29, 1.82) is 0 Å². The van der Waals surface area contributed by atoms with Gasteiger partial charge in [0.15, 0.2) is 5.78 Å². The molecule has 0 spiro atoms. The zero-order valence-corrected chi connectivity index (χ0v) is 12.5. The van der Waals surface area contributed by atoms with Crippen LogP contribution >= 0.6 is 15.9 Å². The van der Waals surface area contributed by atoms with Crippen molar-refractivity contribution in [1.82, 2.24) is 0 Å². The van der Waals surface area contributed by atoms with Crippen molar-refractivity contribution in [2.45, 2.75) is 0 Å². The Bertz CT molecular complexity index is 635. The number of hydrogen-bond donors (Lipinski definition) is 0. The van der Waals surface area contributed by atoms with Crippen LogP contribution in [0.3, 0.4) is 0 Å². The summed E-state index contributed by atoms with van der Waals surface area (Å²) in [7, 11) is 2.98. The van der Waals surface area contributed by atoms with E-state index in [9.17, 15) is 9.18 Å². The highest BCUT2D eigenvalue weighted by Gasteiger charge is 2.17. The number of carbonyl (C=O) groups excluding carboxylic acids is 1. The van der Waals surface area contributed by atoms with E-state index in [-0.39, 0.29) is 11.3 Å². The number of carbonyl (C=O) groups is 1. The molecule has 104 valence electrons. The molecule has 0 heterocycles. The van der Waals surface area contributed by atoms with Crippen molar-refractivity contribution in [3.63, 3.8) is 0 Å². The van der Waals surface area contributed by atoms with Gasteiger partial charge in [-0.05, 0) is 36.4 Å². The minimum atomic E-state index is -0.482. The number of ether oxygens (including phenoxy) is 2. The summed E-state index contributed by atoms with van der Waals surface area (Å²) in [6.07, 6.45) is 0. The summed E-state index contributed by atoms with van der Waals surface area (Å²) in [4.78, 5) is 12.5. The predicted octanol–water partition coefficient (Wildman–Crippen LogP) is 3.84. The number of methoxy groups -OCH3 is 2. The lowest BCUT2D eigenvalue weighted by Gasteiger charge is -2.10. The Balaban J connectivity index is 2.51. The highest BCUT2D eigenvalue weighted by molar-refractivity contribution is 9.10. The second-order valence-electron chi connectivity index (χ2n) is 4.05. The first kappa shape index (κ1) is 14.5. The maximum absolute atomic E-state index is 13.4. The third kappa shape index (κ3) is 2.99. The second kappa shape index (κ2) is 6.05. The number of ketones is 1. The fraction of sp³-hybridized carbons (Fsp3) is 0.133. The van der Waals surface area contributed by atoms with E-state index in [4.69, 9.17) is 9.47 Å². The Hall–Kier alpha value is -1.88. The quantitative estimate of drug-likeness (QED) is 0.794. The van der Waals surface area contributed by atoms with Gasteiger partial charge in [-0.1, -0.05) is 15.9 Å². The van der Waals surface area contributed by atoms with Gasteiger partial charge < -0.3 is 9.47 Å². The van der Waals surface area contributed by atoms with Gasteiger partial charge in [-0.2, -0.15) is 0 Å². The molecule has 0 fully saturated rings. The summed E-state index contributed by atoms with van der Waals surface area (Å²) < 4.78 is 24.2. The number of rotatable bonds is 4. The Labute approximate surface area is 124 Å². The topological polar surface area (TPSA) is 35.5 Å². The van der Waals surface area contributed by atoms with Crippen LogP contribution in [-0.2, 0) is 0 Å². The van der Waals surface area contributed by atoms with Crippen molar-refractivity contribution in [3.05, 3.63) is 57.8 Å². The molecule has 2 aromatic rings. The van der Waals surface area contributed by atoms with Crippen LogP contribution in [0.4, 0.5) is 4.39 Å². The van der Waals surface area contributed by atoms with E-state index in [1.807, 2.05) is 0 Å². The van der Waals surface area contributed by atoms with E-state index in [0.29, 0.717) is 21.5 Å². The van der Waals surface area contributed by atoms with Crippen LogP contribution < -0.4 is 9.47 Å². The molecule has 0 N–H and O–H groups in total. The number of hydrogen-bond acceptors (Lipinski definition) is 3. The fourth-order valence-electron chi connectivity index (χ4n) is 1.83. The normalized spacial score (nSPS) is 10.2. The largest absolute Gasteiger partial charge is 0.497 e. The third-order valence-corrected chi connectivity index (χ3v) is 3.23. The van der Waals surface area contributed by atoms with Gasteiger partial charge in [0, 0.05) is 10.0 Å². The highest BCUT2D eigenvalue weighted by Crippen LogP contribution is 2.27. The van der Waals surface area contributed by atoms with Crippen LogP contribution in [0.2, 0.25) is 0 Å². The van der Waals surface area contributed by atoms with Gasteiger partial charge in [0.1, 0.15) is 17.3 Å².